The van der Waals surface area contributed by atoms with Gasteiger partial charge >= 0.3 is 0 Å². The van der Waals surface area contributed by atoms with Crippen molar-refractivity contribution in [3.63, 3.8) is 0 Å². The predicted molar refractivity (Wildman–Crippen MR) is 113 cm³/mol. The Kier molecular flexibility index (Phi) is 7.74. The van der Waals surface area contributed by atoms with E-state index in [0.29, 0.717) is 19.1 Å². The molecule has 1 N–H and O–H groups in total. The minimum Gasteiger partial charge on any atom is -0.492 e. The third kappa shape index (κ3) is 5.71. The van der Waals surface area contributed by atoms with Crippen LogP contribution in [0.25, 0.3) is 0 Å². The minimum atomic E-state index is -0.684. The van der Waals surface area contributed by atoms with Gasteiger partial charge in [0.1, 0.15) is 18.0 Å². The van der Waals surface area contributed by atoms with Crippen LogP contribution in [0.15, 0.2) is 24.3 Å². The van der Waals surface area contributed by atoms with Crippen LogP contribution in [0, 0.1) is 5.92 Å². The molecule has 2 atom stereocenters. The van der Waals surface area contributed by atoms with E-state index >= 15 is 0 Å². The standard InChI is InChI=1S/C23H36N2O3/c1-3-28-23(13-7-8-19(2)18-23)22(26)24-20-9-11-21(12-10-20)27-17-16-25-14-5-4-6-15-25/h9-12,19H,3-8,13-18H2,1-2H3,(H,24,26)/t19-,23-/m0/s1. The van der Waals surface area contributed by atoms with E-state index in [1.165, 1.54) is 38.8 Å². The summed E-state index contributed by atoms with van der Waals surface area (Å²) in [6.45, 7) is 8.79. The van der Waals surface area contributed by atoms with Gasteiger partial charge in [0, 0.05) is 18.8 Å². The topological polar surface area (TPSA) is 50.8 Å². The summed E-state index contributed by atoms with van der Waals surface area (Å²) in [5, 5.41) is 3.07. The van der Waals surface area contributed by atoms with Crippen molar-refractivity contribution < 1.29 is 14.3 Å². The molecule has 1 aliphatic heterocycles. The van der Waals surface area contributed by atoms with Crippen molar-refractivity contribution in [3.05, 3.63) is 24.3 Å². The second-order valence-electron chi connectivity index (χ2n) is 8.36. The molecule has 2 aliphatic rings. The van der Waals surface area contributed by atoms with Gasteiger partial charge in [-0.1, -0.05) is 19.8 Å². The first kappa shape index (κ1) is 21.1. The summed E-state index contributed by atoms with van der Waals surface area (Å²) in [6, 6.07) is 7.70. The Bertz CT molecular complexity index is 609. The maximum Gasteiger partial charge on any atom is 0.256 e. The summed E-state index contributed by atoms with van der Waals surface area (Å²) in [6.07, 6.45) is 7.77. The van der Waals surface area contributed by atoms with E-state index in [-0.39, 0.29) is 5.91 Å². The van der Waals surface area contributed by atoms with Crippen LogP contribution in [0.5, 0.6) is 5.75 Å². The van der Waals surface area contributed by atoms with E-state index < -0.39 is 5.60 Å². The van der Waals surface area contributed by atoms with E-state index in [0.717, 1.165) is 37.2 Å². The molecule has 0 aromatic heterocycles. The molecule has 1 aromatic carbocycles. The minimum absolute atomic E-state index is 0.0142. The molecule has 156 valence electrons. The van der Waals surface area contributed by atoms with Gasteiger partial charge in [0.25, 0.3) is 5.91 Å². The van der Waals surface area contributed by atoms with Crippen molar-refractivity contribution in [2.45, 2.75) is 64.4 Å². The Morgan fingerprint density at radius 1 is 1.18 bits per heavy atom. The molecule has 1 aliphatic carbocycles. The number of nitrogens with zero attached hydrogens (tertiary/aromatic N) is 1. The molecule has 0 unspecified atom stereocenters. The highest BCUT2D eigenvalue weighted by Gasteiger charge is 2.42. The van der Waals surface area contributed by atoms with Crippen LogP contribution in [0.3, 0.4) is 0 Å². The molecule has 5 nitrogen and oxygen atoms in total. The van der Waals surface area contributed by atoms with E-state index in [1.807, 2.05) is 31.2 Å². The van der Waals surface area contributed by atoms with Gasteiger partial charge in [-0.25, -0.2) is 0 Å². The number of piperidine rings is 1. The van der Waals surface area contributed by atoms with E-state index in [2.05, 4.69) is 17.1 Å². The quantitative estimate of drug-likeness (QED) is 0.714. The Morgan fingerprint density at radius 2 is 1.93 bits per heavy atom. The van der Waals surface area contributed by atoms with Gasteiger partial charge in [0.2, 0.25) is 0 Å². The number of anilines is 1. The number of carbonyl (C=O) groups excluding carboxylic acids is 1. The molecule has 0 bridgehead atoms. The molecule has 1 saturated heterocycles. The van der Waals surface area contributed by atoms with Crippen LogP contribution in [-0.2, 0) is 9.53 Å². The predicted octanol–water partition coefficient (Wildman–Crippen LogP) is 4.48. The smallest absolute Gasteiger partial charge is 0.256 e. The molecule has 1 heterocycles. The number of amides is 1. The number of likely N-dealkylation sites (tertiary alicyclic amines) is 1. The zero-order chi connectivity index (χ0) is 19.8. The Balaban J connectivity index is 1.50. The number of benzene rings is 1. The Morgan fingerprint density at radius 3 is 2.61 bits per heavy atom. The highest BCUT2D eigenvalue weighted by molar-refractivity contribution is 5.97. The summed E-state index contributed by atoms with van der Waals surface area (Å²) in [5.41, 5.74) is 0.112. The van der Waals surface area contributed by atoms with Gasteiger partial charge in [-0.05, 0) is 82.3 Å². The molecular weight excluding hydrogens is 352 g/mol. The maximum absolute atomic E-state index is 13.0. The lowest BCUT2D eigenvalue weighted by atomic mass is 9.78. The zero-order valence-corrected chi connectivity index (χ0v) is 17.5. The number of hydrogen-bond acceptors (Lipinski definition) is 4. The monoisotopic (exact) mass is 388 g/mol. The van der Waals surface area contributed by atoms with Crippen molar-refractivity contribution in [2.24, 2.45) is 5.92 Å². The summed E-state index contributed by atoms with van der Waals surface area (Å²) in [4.78, 5) is 15.5. The Labute approximate surface area is 169 Å². The first-order chi connectivity index (χ1) is 13.6. The van der Waals surface area contributed by atoms with Crippen molar-refractivity contribution >= 4 is 11.6 Å². The van der Waals surface area contributed by atoms with Crippen molar-refractivity contribution in [3.8, 4) is 5.75 Å². The molecule has 1 amide bonds. The van der Waals surface area contributed by atoms with Gasteiger partial charge in [-0.3, -0.25) is 9.69 Å². The summed E-state index contributed by atoms with van der Waals surface area (Å²) in [5.74, 6) is 1.35. The fourth-order valence-electron chi connectivity index (χ4n) is 4.54. The van der Waals surface area contributed by atoms with Crippen molar-refractivity contribution in [1.29, 1.82) is 0 Å². The van der Waals surface area contributed by atoms with Gasteiger partial charge in [-0.15, -0.1) is 0 Å². The van der Waals surface area contributed by atoms with Gasteiger partial charge in [0.05, 0.1) is 0 Å². The van der Waals surface area contributed by atoms with Crippen molar-refractivity contribution in [1.82, 2.24) is 4.90 Å². The van der Waals surface area contributed by atoms with E-state index in [4.69, 9.17) is 9.47 Å². The van der Waals surface area contributed by atoms with Crippen LogP contribution in [0.1, 0.15) is 58.8 Å². The van der Waals surface area contributed by atoms with Gasteiger partial charge in [0.15, 0.2) is 0 Å². The maximum atomic E-state index is 13.0. The number of nitrogens with one attached hydrogen (secondary N) is 1. The largest absolute Gasteiger partial charge is 0.492 e. The third-order valence-corrected chi connectivity index (χ3v) is 6.03. The first-order valence-corrected chi connectivity index (χ1v) is 11.0. The SMILES string of the molecule is CCO[C@@]1(C(=O)Nc2ccc(OCCN3CCCCC3)cc2)CCC[C@H](C)C1. The molecule has 28 heavy (non-hydrogen) atoms. The van der Waals surface area contributed by atoms with Crippen LogP contribution in [0.2, 0.25) is 0 Å². The normalized spacial score (nSPS) is 26.0. The van der Waals surface area contributed by atoms with E-state index in [1.54, 1.807) is 0 Å². The third-order valence-electron chi connectivity index (χ3n) is 6.03. The van der Waals surface area contributed by atoms with Crippen LogP contribution >= 0.6 is 0 Å². The fourth-order valence-corrected chi connectivity index (χ4v) is 4.54. The second-order valence-corrected chi connectivity index (χ2v) is 8.36. The lowest BCUT2D eigenvalue weighted by molar-refractivity contribution is -0.147. The Hall–Kier alpha value is -1.59. The zero-order valence-electron chi connectivity index (χ0n) is 17.5. The highest BCUT2D eigenvalue weighted by Crippen LogP contribution is 2.36. The average Bonchev–Trinajstić information content (AvgIpc) is 2.70. The molecule has 3 rings (SSSR count). The molecular formula is C23H36N2O3. The van der Waals surface area contributed by atoms with Crippen molar-refractivity contribution in [2.75, 3.05) is 38.2 Å². The number of carbonyl (C=O) groups is 1. The van der Waals surface area contributed by atoms with Gasteiger partial charge < -0.3 is 14.8 Å². The average molecular weight is 389 g/mol. The lowest BCUT2D eigenvalue weighted by Gasteiger charge is -2.38. The summed E-state index contributed by atoms with van der Waals surface area (Å²) >= 11 is 0. The molecule has 0 radical (unpaired) electrons. The molecule has 1 aromatic rings. The number of ether oxygens (including phenoxy) is 2. The molecule has 1 saturated carbocycles. The van der Waals surface area contributed by atoms with Crippen LogP contribution in [-0.4, -0.2) is 49.3 Å². The molecule has 0 spiro atoms. The summed E-state index contributed by atoms with van der Waals surface area (Å²) in [7, 11) is 0. The van der Waals surface area contributed by atoms with Crippen LogP contribution in [0.4, 0.5) is 5.69 Å². The number of rotatable bonds is 8. The molecule has 5 heteroatoms. The van der Waals surface area contributed by atoms with Gasteiger partial charge in [-0.2, -0.15) is 0 Å². The van der Waals surface area contributed by atoms with Crippen LogP contribution < -0.4 is 10.1 Å². The fraction of sp³-hybridized carbons (Fsp3) is 0.696. The molecule has 2 fully saturated rings. The summed E-state index contributed by atoms with van der Waals surface area (Å²) < 4.78 is 11.8. The second kappa shape index (κ2) is 10.3. The highest BCUT2D eigenvalue weighted by atomic mass is 16.5. The van der Waals surface area contributed by atoms with E-state index in [9.17, 15) is 4.79 Å². The first-order valence-electron chi connectivity index (χ1n) is 11.0. The lowest BCUT2D eigenvalue weighted by Crippen LogP contribution is -2.48. The number of hydrogen-bond donors (Lipinski definition) is 1.